The van der Waals surface area contributed by atoms with Crippen LogP contribution in [0.25, 0.3) is 11.1 Å². The molecule has 0 radical (unpaired) electrons. The Labute approximate surface area is 204 Å². The van der Waals surface area contributed by atoms with Crippen LogP contribution in [0, 0.1) is 0 Å². The largest absolute Gasteiger partial charge is 1.00 e. The van der Waals surface area contributed by atoms with E-state index in [0.29, 0.717) is 6.42 Å². The molecule has 0 aromatic heterocycles. The van der Waals surface area contributed by atoms with Gasteiger partial charge in [0.2, 0.25) is 5.91 Å². The number of carbonyl (C=O) groups excluding carboxylic acids is 3. The zero-order chi connectivity index (χ0) is 22.0. The summed E-state index contributed by atoms with van der Waals surface area (Å²) in [6.45, 7) is 7.03. The molecule has 0 spiro atoms. The minimum Gasteiger partial charge on any atom is -0.545 e. The molecule has 2 aromatic rings. The number of carbonyl (C=O) groups is 3. The SMILES string of the molecule is CC(=O)N1c2ccc(-c3ccc(C(=O)[O-])cc3)cc2[C@H](NC(=O)OC(C)C)C[C@@H]1C.[Na+]. The van der Waals surface area contributed by atoms with Crippen LogP contribution in [0.1, 0.15) is 56.1 Å². The number of benzene rings is 2. The van der Waals surface area contributed by atoms with Gasteiger partial charge in [-0.1, -0.05) is 30.3 Å². The van der Waals surface area contributed by atoms with Crippen molar-refractivity contribution in [2.45, 2.75) is 52.3 Å². The molecule has 7 nitrogen and oxygen atoms in total. The van der Waals surface area contributed by atoms with Crippen LogP contribution in [-0.4, -0.2) is 30.1 Å². The van der Waals surface area contributed by atoms with Crippen molar-refractivity contribution in [3.05, 3.63) is 53.6 Å². The van der Waals surface area contributed by atoms with Crippen molar-refractivity contribution < 1.29 is 53.8 Å². The maximum atomic E-state index is 12.3. The van der Waals surface area contributed by atoms with Crippen molar-refractivity contribution in [1.29, 1.82) is 0 Å². The minimum absolute atomic E-state index is 0. The van der Waals surface area contributed by atoms with E-state index >= 15 is 0 Å². The Morgan fingerprint density at radius 1 is 1.10 bits per heavy atom. The van der Waals surface area contributed by atoms with E-state index in [2.05, 4.69) is 5.32 Å². The first kappa shape index (κ1) is 24.9. The summed E-state index contributed by atoms with van der Waals surface area (Å²) >= 11 is 0. The number of hydrogen-bond donors (Lipinski definition) is 1. The number of carboxylic acids is 1. The molecule has 3 rings (SSSR count). The second kappa shape index (κ2) is 10.3. The van der Waals surface area contributed by atoms with Crippen LogP contribution in [0.15, 0.2) is 42.5 Å². The van der Waals surface area contributed by atoms with E-state index < -0.39 is 12.1 Å². The van der Waals surface area contributed by atoms with E-state index in [1.807, 2.05) is 25.1 Å². The van der Waals surface area contributed by atoms with Crippen LogP contribution >= 0.6 is 0 Å². The first-order valence-corrected chi connectivity index (χ1v) is 9.90. The van der Waals surface area contributed by atoms with Gasteiger partial charge >= 0.3 is 35.7 Å². The summed E-state index contributed by atoms with van der Waals surface area (Å²) in [6, 6.07) is 11.6. The molecule has 1 aliphatic rings. The third-order valence-corrected chi connectivity index (χ3v) is 5.11. The van der Waals surface area contributed by atoms with Gasteiger partial charge in [-0.3, -0.25) is 4.79 Å². The summed E-state index contributed by atoms with van der Waals surface area (Å²) < 4.78 is 5.24. The van der Waals surface area contributed by atoms with Crippen LogP contribution < -0.4 is 44.9 Å². The number of amides is 2. The number of fused-ring (bicyclic) bond motifs is 1. The number of nitrogens with zero attached hydrogens (tertiary/aromatic N) is 1. The predicted molar refractivity (Wildman–Crippen MR) is 111 cm³/mol. The summed E-state index contributed by atoms with van der Waals surface area (Å²) in [4.78, 5) is 37.2. The molecule has 2 amide bonds. The van der Waals surface area contributed by atoms with E-state index in [-0.39, 0.29) is 59.2 Å². The Balaban J connectivity index is 0.00000341. The molecule has 1 N–H and O–H groups in total. The summed E-state index contributed by atoms with van der Waals surface area (Å²) in [5.74, 6) is -1.30. The molecule has 2 aromatic carbocycles. The Hall–Kier alpha value is -2.35. The molecule has 0 bridgehead atoms. The molecular formula is C23H25N2NaO5. The van der Waals surface area contributed by atoms with Crippen molar-refractivity contribution in [2.24, 2.45) is 0 Å². The molecule has 0 fully saturated rings. The average molecular weight is 432 g/mol. The number of alkyl carbamates (subject to hydrolysis) is 1. The van der Waals surface area contributed by atoms with Gasteiger partial charge in [0, 0.05) is 18.7 Å². The van der Waals surface area contributed by atoms with E-state index in [1.165, 1.54) is 19.1 Å². The molecule has 0 unspecified atom stereocenters. The van der Waals surface area contributed by atoms with Crippen molar-refractivity contribution >= 4 is 23.7 Å². The Morgan fingerprint density at radius 2 is 1.71 bits per heavy atom. The number of carboxylic acid groups (broad SMARTS) is 1. The summed E-state index contributed by atoms with van der Waals surface area (Å²) in [5, 5.41) is 13.9. The molecule has 158 valence electrons. The maximum Gasteiger partial charge on any atom is 1.00 e. The van der Waals surface area contributed by atoms with Gasteiger partial charge < -0.3 is 24.9 Å². The molecule has 2 atom stereocenters. The third kappa shape index (κ3) is 5.67. The van der Waals surface area contributed by atoms with Gasteiger partial charge in [0.1, 0.15) is 0 Å². The molecule has 8 heteroatoms. The molecule has 0 saturated carbocycles. The Bertz CT molecular complexity index is 974. The van der Waals surface area contributed by atoms with Gasteiger partial charge in [-0.05, 0) is 61.6 Å². The van der Waals surface area contributed by atoms with Crippen molar-refractivity contribution in [1.82, 2.24) is 5.32 Å². The maximum absolute atomic E-state index is 12.3. The molecular weight excluding hydrogens is 407 g/mol. The standard InChI is InChI=1S/C23H26N2O5.Na/c1-13(2)30-23(29)24-20-11-14(3)25(15(4)26)21-10-9-18(12-19(20)21)16-5-7-17(8-6-16)22(27)28;/h5-10,12-14,20H,11H2,1-4H3,(H,24,29)(H,27,28);/q;+1/p-1/t14-,20+;/m0./s1. The Kier molecular flexibility index (Phi) is 8.28. The number of anilines is 1. The topological polar surface area (TPSA) is 98.8 Å². The fourth-order valence-corrected chi connectivity index (χ4v) is 3.85. The van der Waals surface area contributed by atoms with E-state index in [1.54, 1.807) is 30.9 Å². The fourth-order valence-electron chi connectivity index (χ4n) is 3.85. The molecule has 0 saturated heterocycles. The summed E-state index contributed by atoms with van der Waals surface area (Å²) in [5.41, 5.74) is 3.32. The average Bonchev–Trinajstić information content (AvgIpc) is 2.66. The van der Waals surface area contributed by atoms with E-state index in [4.69, 9.17) is 4.74 Å². The van der Waals surface area contributed by atoms with Gasteiger partial charge in [0.05, 0.1) is 18.1 Å². The van der Waals surface area contributed by atoms with E-state index in [9.17, 15) is 19.5 Å². The summed E-state index contributed by atoms with van der Waals surface area (Å²) in [6.07, 6.45) is -0.201. The van der Waals surface area contributed by atoms with Gasteiger partial charge in [-0.15, -0.1) is 0 Å². The predicted octanol–water partition coefficient (Wildman–Crippen LogP) is 0.0419. The molecule has 1 heterocycles. The first-order valence-electron chi connectivity index (χ1n) is 9.90. The number of ether oxygens (including phenoxy) is 1. The number of aromatic carboxylic acids is 1. The van der Waals surface area contributed by atoms with Crippen LogP contribution in [0.5, 0.6) is 0 Å². The smallest absolute Gasteiger partial charge is 0.545 e. The van der Waals surface area contributed by atoms with Crippen LogP contribution in [0.2, 0.25) is 0 Å². The van der Waals surface area contributed by atoms with Crippen molar-refractivity contribution in [3.8, 4) is 11.1 Å². The van der Waals surface area contributed by atoms with Gasteiger partial charge in [0.15, 0.2) is 0 Å². The van der Waals surface area contributed by atoms with Gasteiger partial charge in [-0.25, -0.2) is 4.79 Å². The van der Waals surface area contributed by atoms with Crippen LogP contribution in [0.4, 0.5) is 10.5 Å². The molecule has 1 aliphatic heterocycles. The normalized spacial score (nSPS) is 17.4. The second-order valence-electron chi connectivity index (χ2n) is 7.76. The Morgan fingerprint density at radius 3 is 2.26 bits per heavy atom. The molecule has 31 heavy (non-hydrogen) atoms. The van der Waals surface area contributed by atoms with E-state index in [0.717, 1.165) is 22.4 Å². The van der Waals surface area contributed by atoms with Crippen molar-refractivity contribution in [3.63, 3.8) is 0 Å². The van der Waals surface area contributed by atoms with Gasteiger partial charge in [0.25, 0.3) is 0 Å². The second-order valence-corrected chi connectivity index (χ2v) is 7.76. The quantitative estimate of drug-likeness (QED) is 0.688. The van der Waals surface area contributed by atoms with Crippen LogP contribution in [-0.2, 0) is 9.53 Å². The number of hydrogen-bond acceptors (Lipinski definition) is 5. The zero-order valence-corrected chi connectivity index (χ0v) is 20.5. The van der Waals surface area contributed by atoms with Crippen molar-refractivity contribution in [2.75, 3.05) is 4.90 Å². The first-order chi connectivity index (χ1) is 14.2. The fraction of sp³-hybridized carbons (Fsp3) is 0.348. The summed E-state index contributed by atoms with van der Waals surface area (Å²) in [7, 11) is 0. The minimum atomic E-state index is -1.23. The monoisotopic (exact) mass is 432 g/mol. The third-order valence-electron chi connectivity index (χ3n) is 5.11. The number of rotatable bonds is 4. The molecule has 0 aliphatic carbocycles. The van der Waals surface area contributed by atoms with Gasteiger partial charge in [-0.2, -0.15) is 0 Å². The number of nitrogens with one attached hydrogen (secondary N) is 1. The zero-order valence-electron chi connectivity index (χ0n) is 18.5. The van der Waals surface area contributed by atoms with Crippen LogP contribution in [0.3, 0.4) is 0 Å².